The van der Waals surface area contributed by atoms with Crippen LogP contribution in [-0.2, 0) is 16.1 Å². The highest BCUT2D eigenvalue weighted by Gasteiger charge is 2.62. The molecule has 32 heavy (non-hydrogen) atoms. The van der Waals surface area contributed by atoms with E-state index in [1.165, 1.54) is 0 Å². The standard InChI is InChI=1S/C23H24N4O5/c1-12-10-16-17(11-13(12)2)27(19-15-7-5-4-6-14(15)8-9-18(19)28)23(32-31)20(26(16)3)24-22(30)25-21(23)29/h4-7,10-11,18-19,28,31H,8-9H2,1-3H3,(H,25,29,30). The van der Waals surface area contributed by atoms with E-state index in [1.54, 1.807) is 16.8 Å². The van der Waals surface area contributed by atoms with Crippen molar-refractivity contribution in [2.45, 2.75) is 44.6 Å². The molecule has 0 aromatic heterocycles. The van der Waals surface area contributed by atoms with Crippen molar-refractivity contribution in [3.63, 3.8) is 0 Å². The van der Waals surface area contributed by atoms with E-state index < -0.39 is 29.8 Å². The van der Waals surface area contributed by atoms with Gasteiger partial charge in [-0.3, -0.25) is 10.1 Å². The largest absolute Gasteiger partial charge is 0.391 e. The number of anilines is 2. The van der Waals surface area contributed by atoms with Crippen molar-refractivity contribution in [1.82, 2.24) is 5.32 Å². The van der Waals surface area contributed by atoms with Gasteiger partial charge in [0.05, 0.1) is 23.5 Å². The number of likely N-dealkylation sites (N-methyl/N-ethyl adjacent to an activating group) is 1. The van der Waals surface area contributed by atoms with E-state index >= 15 is 0 Å². The zero-order valence-corrected chi connectivity index (χ0v) is 18.0. The smallest absolute Gasteiger partial charge is 0.349 e. The Balaban J connectivity index is 1.86. The molecule has 3 atom stereocenters. The van der Waals surface area contributed by atoms with Crippen LogP contribution < -0.4 is 15.1 Å². The van der Waals surface area contributed by atoms with Gasteiger partial charge in [-0.2, -0.15) is 9.88 Å². The number of nitrogens with one attached hydrogen (secondary N) is 1. The molecular formula is C23H24N4O5. The van der Waals surface area contributed by atoms with Crippen molar-refractivity contribution in [1.29, 1.82) is 0 Å². The number of rotatable bonds is 2. The van der Waals surface area contributed by atoms with Crippen LogP contribution in [-0.4, -0.2) is 47.0 Å². The fourth-order valence-corrected chi connectivity index (χ4v) is 5.04. The molecule has 2 aromatic rings. The van der Waals surface area contributed by atoms with Crippen LogP contribution in [0.2, 0.25) is 0 Å². The van der Waals surface area contributed by atoms with Crippen molar-refractivity contribution in [2.24, 2.45) is 4.99 Å². The summed E-state index contributed by atoms with van der Waals surface area (Å²) in [6, 6.07) is 9.93. The third-order valence-corrected chi connectivity index (χ3v) is 6.77. The topological polar surface area (TPSA) is 115 Å². The molecular weight excluding hydrogens is 412 g/mol. The Kier molecular flexibility index (Phi) is 4.59. The van der Waals surface area contributed by atoms with Gasteiger partial charge in [0.2, 0.25) is 0 Å². The summed E-state index contributed by atoms with van der Waals surface area (Å²) in [7, 11) is 1.66. The zero-order valence-electron chi connectivity index (χ0n) is 18.0. The van der Waals surface area contributed by atoms with E-state index in [0.29, 0.717) is 24.2 Å². The number of hydrogen-bond donors (Lipinski definition) is 3. The number of benzene rings is 2. The number of aliphatic hydroxyl groups is 1. The number of carbonyl (C=O) groups excluding carboxylic acids is 2. The van der Waals surface area contributed by atoms with Crippen molar-refractivity contribution in [3.05, 3.63) is 58.7 Å². The summed E-state index contributed by atoms with van der Waals surface area (Å²) in [5, 5.41) is 23.6. The summed E-state index contributed by atoms with van der Waals surface area (Å²) >= 11 is 0. The van der Waals surface area contributed by atoms with Crippen LogP contribution in [0.3, 0.4) is 0 Å². The van der Waals surface area contributed by atoms with Crippen molar-refractivity contribution in [3.8, 4) is 0 Å². The summed E-state index contributed by atoms with van der Waals surface area (Å²) in [5.74, 6) is -0.944. The fourth-order valence-electron chi connectivity index (χ4n) is 5.04. The molecule has 0 saturated carbocycles. The van der Waals surface area contributed by atoms with E-state index in [9.17, 15) is 20.0 Å². The van der Waals surface area contributed by atoms with Crippen LogP contribution in [0.1, 0.15) is 34.7 Å². The molecule has 9 nitrogen and oxygen atoms in total. The number of aliphatic hydroxyl groups excluding tert-OH is 1. The quantitative estimate of drug-likeness (QED) is 0.489. The second-order valence-electron chi connectivity index (χ2n) is 8.53. The number of urea groups is 1. The minimum Gasteiger partial charge on any atom is -0.391 e. The summed E-state index contributed by atoms with van der Waals surface area (Å²) in [5.41, 5.74) is 2.91. The molecule has 3 amide bonds. The van der Waals surface area contributed by atoms with Crippen LogP contribution in [0, 0.1) is 13.8 Å². The molecule has 3 aliphatic rings. The van der Waals surface area contributed by atoms with E-state index in [4.69, 9.17) is 4.89 Å². The normalized spacial score (nSPS) is 26.7. The first-order valence-corrected chi connectivity index (χ1v) is 10.5. The lowest BCUT2D eigenvalue weighted by Crippen LogP contribution is -2.74. The number of amides is 3. The average Bonchev–Trinajstić information content (AvgIpc) is 2.77. The Morgan fingerprint density at radius 1 is 1.16 bits per heavy atom. The van der Waals surface area contributed by atoms with Crippen LogP contribution >= 0.6 is 0 Å². The third-order valence-electron chi connectivity index (χ3n) is 6.77. The van der Waals surface area contributed by atoms with Gasteiger partial charge in [-0.05, 0) is 61.1 Å². The first kappa shape index (κ1) is 20.6. The number of carbonyl (C=O) groups is 2. The molecule has 0 fully saturated rings. The highest BCUT2D eigenvalue weighted by atomic mass is 17.1. The highest BCUT2D eigenvalue weighted by Crippen LogP contribution is 2.50. The number of imide groups is 1. The lowest BCUT2D eigenvalue weighted by atomic mass is 9.82. The number of hydrogen-bond acceptors (Lipinski definition) is 7. The van der Waals surface area contributed by atoms with Crippen LogP contribution in [0.25, 0.3) is 0 Å². The van der Waals surface area contributed by atoms with Crippen LogP contribution in [0.5, 0.6) is 0 Å². The Bertz CT molecular complexity index is 1180. The van der Waals surface area contributed by atoms with E-state index in [2.05, 4.69) is 10.3 Å². The lowest BCUT2D eigenvalue weighted by molar-refractivity contribution is -0.293. The van der Waals surface area contributed by atoms with Gasteiger partial charge in [-0.25, -0.2) is 10.1 Å². The third kappa shape index (κ3) is 2.65. The van der Waals surface area contributed by atoms with Gasteiger partial charge in [0.1, 0.15) is 0 Å². The molecule has 0 saturated heterocycles. The SMILES string of the molecule is Cc1cc2c(cc1C)N(C1c3ccccc3CCC1O)C1(OO)C(=O)NC(=O)N=C1N2C. The van der Waals surface area contributed by atoms with Gasteiger partial charge in [-0.15, -0.1) is 0 Å². The Morgan fingerprint density at radius 3 is 2.56 bits per heavy atom. The van der Waals surface area contributed by atoms with Gasteiger partial charge in [0, 0.05) is 7.05 Å². The maximum atomic E-state index is 13.3. The average molecular weight is 436 g/mol. The van der Waals surface area contributed by atoms with Gasteiger partial charge >= 0.3 is 11.8 Å². The van der Waals surface area contributed by atoms with E-state index in [-0.39, 0.29) is 5.84 Å². The molecule has 3 N–H and O–H groups in total. The van der Waals surface area contributed by atoms with Gasteiger partial charge in [0.25, 0.3) is 5.91 Å². The number of nitrogens with zero attached hydrogens (tertiary/aromatic N) is 3. The molecule has 9 heteroatoms. The molecule has 0 radical (unpaired) electrons. The molecule has 3 unspecified atom stereocenters. The molecule has 5 rings (SSSR count). The lowest BCUT2D eigenvalue weighted by Gasteiger charge is -2.54. The molecule has 2 aromatic carbocycles. The highest BCUT2D eigenvalue weighted by molar-refractivity contribution is 6.29. The number of aryl methyl sites for hydroxylation is 3. The summed E-state index contributed by atoms with van der Waals surface area (Å²) in [6.45, 7) is 3.91. The monoisotopic (exact) mass is 436 g/mol. The van der Waals surface area contributed by atoms with E-state index in [1.807, 2.05) is 50.2 Å². The number of aliphatic imine (C=N–C) groups is 1. The second-order valence-corrected chi connectivity index (χ2v) is 8.53. The molecule has 2 heterocycles. The first-order chi connectivity index (χ1) is 15.3. The van der Waals surface area contributed by atoms with Crippen molar-refractivity contribution in [2.75, 3.05) is 16.8 Å². The van der Waals surface area contributed by atoms with Crippen molar-refractivity contribution >= 4 is 29.1 Å². The van der Waals surface area contributed by atoms with E-state index in [0.717, 1.165) is 22.3 Å². The molecule has 0 bridgehead atoms. The van der Waals surface area contributed by atoms with Gasteiger partial charge in [0.15, 0.2) is 5.84 Å². The van der Waals surface area contributed by atoms with Crippen LogP contribution in [0.15, 0.2) is 41.4 Å². The fraction of sp³-hybridized carbons (Fsp3) is 0.348. The Hall–Kier alpha value is -3.27. The predicted octanol–water partition coefficient (Wildman–Crippen LogP) is 2.44. The Labute approximate surface area is 184 Å². The molecule has 166 valence electrons. The summed E-state index contributed by atoms with van der Waals surface area (Å²) < 4.78 is 0. The Morgan fingerprint density at radius 2 is 1.84 bits per heavy atom. The van der Waals surface area contributed by atoms with Gasteiger partial charge in [-0.1, -0.05) is 24.3 Å². The van der Waals surface area contributed by atoms with Gasteiger partial charge < -0.3 is 14.9 Å². The zero-order chi connectivity index (χ0) is 22.8. The maximum Gasteiger partial charge on any atom is 0.349 e. The second kappa shape index (κ2) is 7.13. The first-order valence-electron chi connectivity index (χ1n) is 10.5. The summed E-state index contributed by atoms with van der Waals surface area (Å²) in [4.78, 5) is 37.6. The number of fused-ring (bicyclic) bond motifs is 3. The minimum atomic E-state index is -2.16. The maximum absolute atomic E-state index is 13.3. The molecule has 0 spiro atoms. The molecule has 1 aliphatic carbocycles. The van der Waals surface area contributed by atoms with Crippen LogP contribution in [0.4, 0.5) is 16.2 Å². The minimum absolute atomic E-state index is 0.0697. The summed E-state index contributed by atoms with van der Waals surface area (Å²) in [6.07, 6.45) is 0.282. The molecule has 2 aliphatic heterocycles. The number of amidine groups is 1. The van der Waals surface area contributed by atoms with Crippen molar-refractivity contribution < 1.29 is 24.8 Å². The predicted molar refractivity (Wildman–Crippen MR) is 118 cm³/mol.